The average Bonchev–Trinajstić information content (AvgIpc) is 3.34. The number of benzene rings is 2. The Bertz CT molecular complexity index is 1010. The standard InChI is InChI=1S/C23H26N4O2/c1-16-18(19-10-5-6-11-20(19)25-16)13-14-24-22(28)21-12-7-15-27(21)23(29)26-17-8-3-2-4-9-17/h2-6,8-11,21,25H,7,12-15H2,1H3,(H,24,28)(H,26,29)/t21-/m1/s1. The lowest BCUT2D eigenvalue weighted by Gasteiger charge is -2.24. The van der Waals surface area contributed by atoms with Gasteiger partial charge in [0, 0.05) is 35.4 Å². The molecular formula is C23H26N4O2. The molecule has 6 nitrogen and oxygen atoms in total. The largest absolute Gasteiger partial charge is 0.358 e. The number of urea groups is 1. The molecule has 1 aliphatic rings. The molecule has 150 valence electrons. The van der Waals surface area contributed by atoms with Gasteiger partial charge in [0.1, 0.15) is 6.04 Å². The highest BCUT2D eigenvalue weighted by Crippen LogP contribution is 2.22. The molecule has 0 unspecified atom stereocenters. The Balaban J connectivity index is 1.35. The third-order valence-electron chi connectivity index (χ3n) is 5.54. The van der Waals surface area contributed by atoms with Gasteiger partial charge in [-0.15, -0.1) is 0 Å². The first-order valence-electron chi connectivity index (χ1n) is 10.1. The van der Waals surface area contributed by atoms with Crippen LogP contribution in [0.1, 0.15) is 24.1 Å². The topological polar surface area (TPSA) is 77.2 Å². The highest BCUT2D eigenvalue weighted by molar-refractivity contribution is 5.94. The first-order chi connectivity index (χ1) is 14.1. The van der Waals surface area contributed by atoms with E-state index in [1.54, 1.807) is 4.90 Å². The van der Waals surface area contributed by atoms with Crippen LogP contribution in [0.15, 0.2) is 54.6 Å². The Morgan fingerprint density at radius 1 is 1.10 bits per heavy atom. The van der Waals surface area contributed by atoms with E-state index in [0.717, 1.165) is 29.7 Å². The number of rotatable bonds is 5. The molecule has 3 amide bonds. The predicted molar refractivity (Wildman–Crippen MR) is 115 cm³/mol. The van der Waals surface area contributed by atoms with Gasteiger partial charge >= 0.3 is 6.03 Å². The van der Waals surface area contributed by atoms with Crippen molar-refractivity contribution in [3.05, 3.63) is 65.9 Å². The molecule has 0 bridgehead atoms. The summed E-state index contributed by atoms with van der Waals surface area (Å²) in [5.41, 5.74) is 4.21. The molecule has 29 heavy (non-hydrogen) atoms. The number of anilines is 1. The van der Waals surface area contributed by atoms with Crippen LogP contribution in [0.4, 0.5) is 10.5 Å². The molecule has 2 heterocycles. The first-order valence-corrected chi connectivity index (χ1v) is 10.1. The van der Waals surface area contributed by atoms with Gasteiger partial charge in [-0.3, -0.25) is 4.79 Å². The van der Waals surface area contributed by atoms with Crippen molar-refractivity contribution < 1.29 is 9.59 Å². The number of aryl methyl sites for hydroxylation is 1. The van der Waals surface area contributed by atoms with Crippen LogP contribution < -0.4 is 10.6 Å². The summed E-state index contributed by atoms with van der Waals surface area (Å²) in [4.78, 5) is 30.4. The molecule has 1 atom stereocenters. The van der Waals surface area contributed by atoms with E-state index < -0.39 is 6.04 Å². The number of likely N-dealkylation sites (tertiary alicyclic amines) is 1. The molecule has 2 aromatic carbocycles. The molecule has 1 aromatic heterocycles. The smallest absolute Gasteiger partial charge is 0.322 e. The Kier molecular flexibility index (Phi) is 5.51. The number of nitrogens with one attached hydrogen (secondary N) is 3. The van der Waals surface area contributed by atoms with Crippen LogP contribution in [0.5, 0.6) is 0 Å². The van der Waals surface area contributed by atoms with E-state index in [4.69, 9.17) is 0 Å². The maximum atomic E-state index is 12.7. The highest BCUT2D eigenvalue weighted by atomic mass is 16.2. The van der Waals surface area contributed by atoms with E-state index in [-0.39, 0.29) is 11.9 Å². The van der Waals surface area contributed by atoms with Crippen molar-refractivity contribution in [1.82, 2.24) is 15.2 Å². The second kappa shape index (κ2) is 8.39. The third kappa shape index (κ3) is 4.11. The van der Waals surface area contributed by atoms with Gasteiger partial charge in [-0.25, -0.2) is 4.79 Å². The van der Waals surface area contributed by atoms with E-state index in [0.29, 0.717) is 19.5 Å². The summed E-state index contributed by atoms with van der Waals surface area (Å²) in [5.74, 6) is -0.0804. The van der Waals surface area contributed by atoms with Gasteiger partial charge < -0.3 is 20.5 Å². The molecule has 4 rings (SSSR count). The molecule has 3 N–H and O–H groups in total. The number of aromatic nitrogens is 1. The summed E-state index contributed by atoms with van der Waals surface area (Å²) in [5, 5.41) is 7.10. The number of carbonyl (C=O) groups excluding carboxylic acids is 2. The van der Waals surface area contributed by atoms with Crippen LogP contribution in [0.25, 0.3) is 10.9 Å². The van der Waals surface area contributed by atoms with Gasteiger partial charge in [-0.2, -0.15) is 0 Å². The molecule has 0 aliphatic carbocycles. The summed E-state index contributed by atoms with van der Waals surface area (Å²) >= 11 is 0. The van der Waals surface area contributed by atoms with Crippen LogP contribution >= 0.6 is 0 Å². The summed E-state index contributed by atoms with van der Waals surface area (Å²) in [6, 6.07) is 16.9. The summed E-state index contributed by atoms with van der Waals surface area (Å²) in [6.07, 6.45) is 2.28. The quantitative estimate of drug-likeness (QED) is 0.619. The molecular weight excluding hydrogens is 364 g/mol. The van der Waals surface area contributed by atoms with Crippen molar-refractivity contribution in [2.75, 3.05) is 18.4 Å². The lowest BCUT2D eigenvalue weighted by atomic mass is 10.1. The van der Waals surface area contributed by atoms with Crippen molar-refractivity contribution >= 4 is 28.5 Å². The molecule has 1 saturated heterocycles. The zero-order valence-corrected chi connectivity index (χ0v) is 16.6. The fourth-order valence-electron chi connectivity index (χ4n) is 4.08. The number of H-pyrrole nitrogens is 1. The lowest BCUT2D eigenvalue weighted by molar-refractivity contribution is -0.124. The minimum absolute atomic E-state index is 0.0804. The van der Waals surface area contributed by atoms with Crippen molar-refractivity contribution in [1.29, 1.82) is 0 Å². The minimum atomic E-state index is -0.414. The average molecular weight is 390 g/mol. The van der Waals surface area contributed by atoms with Gasteiger partial charge in [-0.05, 0) is 49.9 Å². The molecule has 3 aromatic rings. The maximum absolute atomic E-state index is 12.7. The number of nitrogens with zero attached hydrogens (tertiary/aromatic N) is 1. The summed E-state index contributed by atoms with van der Waals surface area (Å²) < 4.78 is 0. The maximum Gasteiger partial charge on any atom is 0.322 e. The number of hydrogen-bond donors (Lipinski definition) is 3. The number of para-hydroxylation sites is 2. The zero-order chi connectivity index (χ0) is 20.2. The van der Waals surface area contributed by atoms with Crippen molar-refractivity contribution in [3.8, 4) is 0 Å². The molecule has 6 heteroatoms. The zero-order valence-electron chi connectivity index (χ0n) is 16.6. The van der Waals surface area contributed by atoms with Gasteiger partial charge in [-0.1, -0.05) is 36.4 Å². The SMILES string of the molecule is Cc1[nH]c2ccccc2c1CCNC(=O)[C@H]1CCCN1C(=O)Nc1ccccc1. The van der Waals surface area contributed by atoms with E-state index in [1.807, 2.05) is 42.5 Å². The van der Waals surface area contributed by atoms with E-state index in [1.165, 1.54) is 10.9 Å². The fraction of sp³-hybridized carbons (Fsp3) is 0.304. The molecule has 0 saturated carbocycles. The molecule has 0 spiro atoms. The van der Waals surface area contributed by atoms with E-state index in [2.05, 4.69) is 34.7 Å². The van der Waals surface area contributed by atoms with Crippen LogP contribution in [0.3, 0.4) is 0 Å². The van der Waals surface area contributed by atoms with Gasteiger partial charge in [0.05, 0.1) is 0 Å². The van der Waals surface area contributed by atoms with Crippen LogP contribution in [-0.2, 0) is 11.2 Å². The van der Waals surface area contributed by atoms with Crippen molar-refractivity contribution in [2.24, 2.45) is 0 Å². The number of carbonyl (C=O) groups is 2. The Morgan fingerprint density at radius 3 is 2.69 bits per heavy atom. The van der Waals surface area contributed by atoms with E-state index >= 15 is 0 Å². The molecule has 0 radical (unpaired) electrons. The van der Waals surface area contributed by atoms with Gasteiger partial charge in [0.2, 0.25) is 5.91 Å². The molecule has 1 aliphatic heterocycles. The van der Waals surface area contributed by atoms with Gasteiger partial charge in [0.25, 0.3) is 0 Å². The Labute approximate surface area is 170 Å². The lowest BCUT2D eigenvalue weighted by Crippen LogP contribution is -2.47. The first kappa shape index (κ1) is 19.1. The van der Waals surface area contributed by atoms with Gasteiger partial charge in [0.15, 0.2) is 0 Å². The monoisotopic (exact) mass is 390 g/mol. The van der Waals surface area contributed by atoms with Crippen molar-refractivity contribution in [2.45, 2.75) is 32.2 Å². The Morgan fingerprint density at radius 2 is 1.86 bits per heavy atom. The Hall–Kier alpha value is -3.28. The fourth-order valence-corrected chi connectivity index (χ4v) is 4.08. The predicted octanol–water partition coefficient (Wildman–Crippen LogP) is 3.83. The number of fused-ring (bicyclic) bond motifs is 1. The van der Waals surface area contributed by atoms with Crippen LogP contribution in [0.2, 0.25) is 0 Å². The molecule has 1 fully saturated rings. The second-order valence-electron chi connectivity index (χ2n) is 7.46. The second-order valence-corrected chi connectivity index (χ2v) is 7.46. The van der Waals surface area contributed by atoms with E-state index in [9.17, 15) is 9.59 Å². The summed E-state index contributed by atoms with van der Waals surface area (Å²) in [6.45, 7) is 3.20. The van der Waals surface area contributed by atoms with Crippen LogP contribution in [-0.4, -0.2) is 41.0 Å². The summed E-state index contributed by atoms with van der Waals surface area (Å²) in [7, 11) is 0. The third-order valence-corrected chi connectivity index (χ3v) is 5.54. The number of hydrogen-bond acceptors (Lipinski definition) is 2. The number of amides is 3. The normalized spacial score (nSPS) is 16.2. The number of aromatic amines is 1. The van der Waals surface area contributed by atoms with Crippen LogP contribution in [0, 0.1) is 6.92 Å². The van der Waals surface area contributed by atoms with Crippen molar-refractivity contribution in [3.63, 3.8) is 0 Å². The highest BCUT2D eigenvalue weighted by Gasteiger charge is 2.34. The minimum Gasteiger partial charge on any atom is -0.358 e.